The van der Waals surface area contributed by atoms with Gasteiger partial charge in [-0.3, -0.25) is 9.69 Å². The first-order valence-corrected chi connectivity index (χ1v) is 9.93. The monoisotopic (exact) mass is 369 g/mol. The number of carbonyl (C=O) groups is 1. The molecule has 7 nitrogen and oxygen atoms in total. The quantitative estimate of drug-likeness (QED) is 0.826. The van der Waals surface area contributed by atoms with Crippen LogP contribution in [0.2, 0.25) is 0 Å². The lowest BCUT2D eigenvalue weighted by molar-refractivity contribution is 0.0965. The normalized spacial score (nSPS) is 15.8. The Hall–Kier alpha value is -1.71. The van der Waals surface area contributed by atoms with Gasteiger partial charge in [0.2, 0.25) is 10.0 Å². The second kappa shape index (κ2) is 6.30. The molecule has 0 aliphatic carbocycles. The highest BCUT2D eigenvalue weighted by Crippen LogP contribution is 2.28. The molecule has 1 saturated heterocycles. The molecule has 0 unspecified atom stereocenters. The molecule has 0 bridgehead atoms. The number of nitrogens with zero attached hydrogens (tertiary/aromatic N) is 3. The average Bonchev–Trinajstić information content (AvgIpc) is 3.25. The summed E-state index contributed by atoms with van der Waals surface area (Å²) in [6.07, 6.45) is 1.71. The lowest BCUT2D eigenvalue weighted by Gasteiger charge is -2.14. The van der Waals surface area contributed by atoms with Gasteiger partial charge >= 0.3 is 0 Å². The van der Waals surface area contributed by atoms with E-state index in [1.54, 1.807) is 14.0 Å². The molecular weight excluding hydrogens is 350 g/mol. The number of aromatic nitrogens is 1. The summed E-state index contributed by atoms with van der Waals surface area (Å²) in [5, 5.41) is 2.38. The van der Waals surface area contributed by atoms with E-state index >= 15 is 0 Å². The third-order valence-corrected chi connectivity index (χ3v) is 7.01. The van der Waals surface area contributed by atoms with Crippen LogP contribution in [0, 0.1) is 13.8 Å². The zero-order valence-electron chi connectivity index (χ0n) is 13.8. The summed E-state index contributed by atoms with van der Waals surface area (Å²) < 4.78 is 32.2. The van der Waals surface area contributed by atoms with Crippen LogP contribution in [0.3, 0.4) is 0 Å². The minimum atomic E-state index is -3.61. The van der Waals surface area contributed by atoms with Crippen LogP contribution in [-0.2, 0) is 10.0 Å². The number of furan rings is 1. The number of thiazole rings is 1. The molecule has 0 N–H and O–H groups in total. The number of sulfonamides is 1. The van der Waals surface area contributed by atoms with Crippen LogP contribution in [0.5, 0.6) is 0 Å². The van der Waals surface area contributed by atoms with E-state index in [0.717, 1.165) is 18.5 Å². The minimum absolute atomic E-state index is 0.000579. The molecule has 3 heterocycles. The van der Waals surface area contributed by atoms with Crippen LogP contribution < -0.4 is 4.90 Å². The molecule has 0 saturated carbocycles. The van der Waals surface area contributed by atoms with Gasteiger partial charge in [0, 0.05) is 31.6 Å². The van der Waals surface area contributed by atoms with Gasteiger partial charge in [-0.2, -0.15) is 4.31 Å². The molecule has 0 aromatic carbocycles. The Morgan fingerprint density at radius 1 is 1.33 bits per heavy atom. The Kier molecular flexibility index (Phi) is 4.50. The first kappa shape index (κ1) is 17.1. The molecule has 1 aliphatic heterocycles. The van der Waals surface area contributed by atoms with Crippen molar-refractivity contribution in [2.45, 2.75) is 31.6 Å². The fourth-order valence-electron chi connectivity index (χ4n) is 2.64. The Balaban J connectivity index is 1.89. The van der Waals surface area contributed by atoms with E-state index in [1.807, 2.05) is 12.3 Å². The van der Waals surface area contributed by atoms with Crippen molar-refractivity contribution in [3.8, 4) is 0 Å². The first-order chi connectivity index (χ1) is 11.3. The minimum Gasteiger partial charge on any atom is -0.455 e. The molecule has 1 aliphatic rings. The number of hydrogen-bond acceptors (Lipinski definition) is 6. The molecule has 3 rings (SSSR count). The highest BCUT2D eigenvalue weighted by Gasteiger charge is 2.32. The molecule has 1 fully saturated rings. The molecule has 2 aromatic heterocycles. The van der Waals surface area contributed by atoms with Crippen LogP contribution in [0.4, 0.5) is 5.13 Å². The van der Waals surface area contributed by atoms with Crippen LogP contribution >= 0.6 is 11.3 Å². The highest BCUT2D eigenvalue weighted by atomic mass is 32.2. The van der Waals surface area contributed by atoms with Gasteiger partial charge < -0.3 is 4.42 Å². The molecule has 0 spiro atoms. The smallest absolute Gasteiger partial charge is 0.295 e. The molecule has 9 heteroatoms. The summed E-state index contributed by atoms with van der Waals surface area (Å²) in [5.74, 6) is -0.190. The Labute approximate surface area is 144 Å². The SMILES string of the molecule is Cc1csc(N(C)C(=O)c2cc(S(=O)(=O)N3CCCC3)c(C)o2)n1. The van der Waals surface area contributed by atoms with Gasteiger partial charge in [-0.25, -0.2) is 13.4 Å². The van der Waals surface area contributed by atoms with Gasteiger partial charge in [0.1, 0.15) is 10.7 Å². The van der Waals surface area contributed by atoms with E-state index in [0.29, 0.717) is 18.2 Å². The third-order valence-electron chi connectivity index (χ3n) is 3.96. The van der Waals surface area contributed by atoms with Crippen LogP contribution in [-0.4, -0.2) is 43.8 Å². The van der Waals surface area contributed by atoms with Crippen molar-refractivity contribution in [2.24, 2.45) is 0 Å². The second-order valence-corrected chi connectivity index (χ2v) is 8.52. The molecule has 1 amide bonds. The van der Waals surface area contributed by atoms with Crippen molar-refractivity contribution < 1.29 is 17.6 Å². The van der Waals surface area contributed by atoms with Gasteiger partial charge in [-0.15, -0.1) is 11.3 Å². The maximum atomic E-state index is 12.7. The predicted molar refractivity (Wildman–Crippen MR) is 91.0 cm³/mol. The fourth-order valence-corrected chi connectivity index (χ4v) is 5.09. The number of hydrogen-bond donors (Lipinski definition) is 0. The number of amides is 1. The van der Waals surface area contributed by atoms with Gasteiger partial charge in [0.15, 0.2) is 10.9 Å². The second-order valence-electron chi connectivity index (χ2n) is 5.78. The Morgan fingerprint density at radius 3 is 2.58 bits per heavy atom. The van der Waals surface area contributed by atoms with Gasteiger partial charge in [-0.1, -0.05) is 0 Å². The van der Waals surface area contributed by atoms with E-state index in [-0.39, 0.29) is 16.4 Å². The predicted octanol–water partition coefficient (Wildman–Crippen LogP) is 2.41. The molecule has 0 radical (unpaired) electrons. The fraction of sp³-hybridized carbons (Fsp3) is 0.467. The molecule has 2 aromatic rings. The number of aryl methyl sites for hydroxylation is 2. The topological polar surface area (TPSA) is 83.7 Å². The van der Waals surface area contributed by atoms with Crippen molar-refractivity contribution in [1.29, 1.82) is 0 Å². The number of rotatable bonds is 4. The molecule has 130 valence electrons. The summed E-state index contributed by atoms with van der Waals surface area (Å²) in [6.45, 7) is 4.42. The lowest BCUT2D eigenvalue weighted by atomic mass is 10.4. The van der Waals surface area contributed by atoms with E-state index < -0.39 is 15.9 Å². The highest BCUT2D eigenvalue weighted by molar-refractivity contribution is 7.89. The van der Waals surface area contributed by atoms with Gasteiger partial charge in [-0.05, 0) is 26.7 Å². The Morgan fingerprint density at radius 2 is 2.00 bits per heavy atom. The maximum Gasteiger partial charge on any atom is 0.295 e. The van der Waals surface area contributed by atoms with Crippen LogP contribution in [0.15, 0.2) is 20.8 Å². The van der Waals surface area contributed by atoms with Crippen LogP contribution in [0.1, 0.15) is 34.9 Å². The summed E-state index contributed by atoms with van der Waals surface area (Å²) in [6, 6.07) is 1.32. The lowest BCUT2D eigenvalue weighted by Crippen LogP contribution is -2.28. The summed E-state index contributed by atoms with van der Waals surface area (Å²) >= 11 is 1.34. The maximum absolute atomic E-state index is 12.7. The van der Waals surface area contributed by atoms with Crippen LogP contribution in [0.25, 0.3) is 0 Å². The number of anilines is 1. The number of carbonyl (C=O) groups excluding carboxylic acids is 1. The zero-order valence-corrected chi connectivity index (χ0v) is 15.4. The van der Waals surface area contributed by atoms with E-state index in [1.165, 1.54) is 26.6 Å². The Bertz CT molecular complexity index is 863. The van der Waals surface area contributed by atoms with E-state index in [4.69, 9.17) is 4.42 Å². The van der Waals surface area contributed by atoms with Gasteiger partial charge in [0.25, 0.3) is 5.91 Å². The van der Waals surface area contributed by atoms with E-state index in [2.05, 4.69) is 4.98 Å². The first-order valence-electron chi connectivity index (χ1n) is 7.61. The molecule has 0 atom stereocenters. The summed E-state index contributed by atoms with van der Waals surface area (Å²) in [4.78, 5) is 18.2. The average molecular weight is 369 g/mol. The van der Waals surface area contributed by atoms with E-state index in [9.17, 15) is 13.2 Å². The largest absolute Gasteiger partial charge is 0.455 e. The van der Waals surface area contributed by atoms with Crippen molar-refractivity contribution >= 4 is 32.4 Å². The molecule has 24 heavy (non-hydrogen) atoms. The summed E-state index contributed by atoms with van der Waals surface area (Å²) in [5.41, 5.74) is 0.822. The van der Waals surface area contributed by atoms with Crippen molar-refractivity contribution in [2.75, 3.05) is 25.0 Å². The zero-order chi connectivity index (χ0) is 17.5. The van der Waals surface area contributed by atoms with Crippen molar-refractivity contribution in [3.05, 3.63) is 28.7 Å². The summed E-state index contributed by atoms with van der Waals surface area (Å²) in [7, 11) is -2.02. The third kappa shape index (κ3) is 2.99. The van der Waals surface area contributed by atoms with Crippen molar-refractivity contribution in [3.63, 3.8) is 0 Å². The molecular formula is C15H19N3O4S2. The standard InChI is InChI=1S/C15H19N3O4S2/c1-10-9-23-15(16-10)17(3)14(19)12-8-13(11(2)22-12)24(20,21)18-6-4-5-7-18/h8-9H,4-7H2,1-3H3. The van der Waals surface area contributed by atoms with Gasteiger partial charge in [0.05, 0.1) is 5.69 Å². The van der Waals surface area contributed by atoms with Crippen molar-refractivity contribution in [1.82, 2.24) is 9.29 Å².